The standard InChI is InChI=1S/C29H35FN6O3/c1-19-21(7-6-8-24(19)30)17-36-26(37)35(25-10-9-23(20(2)33-25)22-15-31-32-16-22)18-29(36)11-13-34(14-12-29)27(38)39-28(3,4)5/h6-10,15-16H,11-14,17-18H2,1-5H3,(H,31,32). The number of nitrogens with zero attached hydrogens (tertiary/aromatic N) is 5. The molecule has 1 aromatic carbocycles. The first kappa shape index (κ1) is 26.6. The molecule has 2 saturated heterocycles. The van der Waals surface area contributed by atoms with Gasteiger partial charge in [0.05, 0.1) is 18.3 Å². The Morgan fingerprint density at radius 3 is 2.54 bits per heavy atom. The van der Waals surface area contributed by atoms with Gasteiger partial charge in [-0.1, -0.05) is 12.1 Å². The highest BCUT2D eigenvalue weighted by Gasteiger charge is 2.52. The van der Waals surface area contributed by atoms with E-state index >= 15 is 0 Å². The number of hydrogen-bond acceptors (Lipinski definition) is 5. The Bertz CT molecular complexity index is 1380. The van der Waals surface area contributed by atoms with E-state index in [0.717, 1.165) is 22.4 Å². The summed E-state index contributed by atoms with van der Waals surface area (Å²) in [6.45, 7) is 10.8. The molecule has 39 heavy (non-hydrogen) atoms. The zero-order chi connectivity index (χ0) is 27.9. The zero-order valence-electron chi connectivity index (χ0n) is 23.1. The Hall–Kier alpha value is -3.95. The number of aromatic nitrogens is 3. The van der Waals surface area contributed by atoms with Crippen molar-refractivity contribution in [3.8, 4) is 11.1 Å². The van der Waals surface area contributed by atoms with Gasteiger partial charge in [-0.15, -0.1) is 0 Å². The SMILES string of the molecule is Cc1nc(N2CC3(CCN(C(=O)OC(C)(C)C)CC3)N(Cc3cccc(F)c3C)C2=O)ccc1-c1cn[nH]c1. The summed E-state index contributed by atoms with van der Waals surface area (Å²) < 4.78 is 20.0. The fourth-order valence-corrected chi connectivity index (χ4v) is 5.47. The monoisotopic (exact) mass is 534 g/mol. The van der Waals surface area contributed by atoms with E-state index in [1.807, 2.05) is 50.8 Å². The molecule has 2 aliphatic heterocycles. The third-order valence-corrected chi connectivity index (χ3v) is 7.70. The number of aromatic amines is 1. The van der Waals surface area contributed by atoms with Crippen LogP contribution in [0.5, 0.6) is 0 Å². The van der Waals surface area contributed by atoms with Crippen molar-refractivity contribution >= 4 is 17.9 Å². The second-order valence-corrected chi connectivity index (χ2v) is 11.5. The van der Waals surface area contributed by atoms with Crippen LogP contribution < -0.4 is 4.90 Å². The van der Waals surface area contributed by atoms with Crippen molar-refractivity contribution in [2.24, 2.45) is 0 Å². The van der Waals surface area contributed by atoms with Crippen LogP contribution in [-0.2, 0) is 11.3 Å². The molecule has 3 amide bonds. The molecule has 2 fully saturated rings. The van der Waals surface area contributed by atoms with Gasteiger partial charge in [0.25, 0.3) is 0 Å². The van der Waals surface area contributed by atoms with Crippen molar-refractivity contribution in [2.45, 2.75) is 65.1 Å². The molecular weight excluding hydrogens is 499 g/mol. The lowest BCUT2D eigenvalue weighted by molar-refractivity contribution is 0.00784. The first-order chi connectivity index (χ1) is 18.5. The quantitative estimate of drug-likeness (QED) is 0.481. The number of halogens is 1. The Balaban J connectivity index is 1.44. The Morgan fingerprint density at radius 2 is 1.90 bits per heavy atom. The van der Waals surface area contributed by atoms with E-state index in [9.17, 15) is 14.0 Å². The average molecular weight is 535 g/mol. The molecule has 0 radical (unpaired) electrons. The molecule has 2 aliphatic rings. The fraction of sp³-hybridized carbons (Fsp3) is 0.448. The van der Waals surface area contributed by atoms with Gasteiger partial charge in [-0.3, -0.25) is 10.00 Å². The van der Waals surface area contributed by atoms with Crippen LogP contribution in [0, 0.1) is 19.7 Å². The van der Waals surface area contributed by atoms with Crippen LogP contribution in [0.2, 0.25) is 0 Å². The number of amides is 3. The summed E-state index contributed by atoms with van der Waals surface area (Å²) in [5, 5.41) is 6.84. The Kier molecular flexibility index (Phi) is 6.82. The number of benzene rings is 1. The first-order valence-electron chi connectivity index (χ1n) is 13.3. The predicted octanol–water partition coefficient (Wildman–Crippen LogP) is 5.44. The normalized spacial score (nSPS) is 17.3. The lowest BCUT2D eigenvalue weighted by atomic mass is 9.86. The second-order valence-electron chi connectivity index (χ2n) is 11.5. The number of aryl methyl sites for hydroxylation is 1. The first-order valence-corrected chi connectivity index (χ1v) is 13.3. The summed E-state index contributed by atoms with van der Waals surface area (Å²) >= 11 is 0. The van der Waals surface area contributed by atoms with E-state index in [4.69, 9.17) is 9.72 Å². The van der Waals surface area contributed by atoms with E-state index in [1.165, 1.54) is 6.07 Å². The van der Waals surface area contributed by atoms with Crippen molar-refractivity contribution < 1.29 is 18.7 Å². The number of rotatable bonds is 4. The number of nitrogens with one attached hydrogen (secondary N) is 1. The summed E-state index contributed by atoms with van der Waals surface area (Å²) in [5.41, 5.74) is 2.82. The molecule has 0 aliphatic carbocycles. The maximum Gasteiger partial charge on any atom is 0.410 e. The molecule has 4 heterocycles. The zero-order valence-corrected chi connectivity index (χ0v) is 23.1. The molecule has 0 bridgehead atoms. The van der Waals surface area contributed by atoms with Gasteiger partial charge in [0, 0.05) is 42.7 Å². The van der Waals surface area contributed by atoms with E-state index in [1.54, 1.807) is 35.2 Å². The number of hydrogen-bond donors (Lipinski definition) is 1. The van der Waals surface area contributed by atoms with Gasteiger partial charge < -0.3 is 14.5 Å². The molecule has 0 unspecified atom stereocenters. The van der Waals surface area contributed by atoms with Crippen LogP contribution in [-0.4, -0.2) is 67.9 Å². The molecule has 1 N–H and O–H groups in total. The summed E-state index contributed by atoms with van der Waals surface area (Å²) in [6, 6.07) is 8.60. The third-order valence-electron chi connectivity index (χ3n) is 7.70. The molecule has 1 spiro atoms. The van der Waals surface area contributed by atoms with Gasteiger partial charge >= 0.3 is 12.1 Å². The highest BCUT2D eigenvalue weighted by atomic mass is 19.1. The highest BCUT2D eigenvalue weighted by molar-refractivity contribution is 5.95. The van der Waals surface area contributed by atoms with Gasteiger partial charge in [0.1, 0.15) is 17.2 Å². The number of carbonyl (C=O) groups is 2. The maximum atomic E-state index is 14.4. The van der Waals surface area contributed by atoms with E-state index in [0.29, 0.717) is 43.9 Å². The van der Waals surface area contributed by atoms with Crippen LogP contribution in [0.3, 0.4) is 0 Å². The minimum atomic E-state index is -0.584. The molecular formula is C29H35FN6O3. The summed E-state index contributed by atoms with van der Waals surface area (Å²) in [5.74, 6) is 0.272. The summed E-state index contributed by atoms with van der Waals surface area (Å²) in [7, 11) is 0. The molecule has 206 valence electrons. The van der Waals surface area contributed by atoms with Crippen molar-refractivity contribution in [3.05, 3.63) is 65.4 Å². The molecule has 0 saturated carbocycles. The smallest absolute Gasteiger partial charge is 0.410 e. The lowest BCUT2D eigenvalue weighted by Gasteiger charge is -2.44. The van der Waals surface area contributed by atoms with Gasteiger partial charge in [-0.05, 0) is 76.8 Å². The van der Waals surface area contributed by atoms with Crippen molar-refractivity contribution in [1.82, 2.24) is 25.0 Å². The van der Waals surface area contributed by atoms with E-state index < -0.39 is 11.1 Å². The average Bonchev–Trinajstić information content (AvgIpc) is 3.49. The van der Waals surface area contributed by atoms with Gasteiger partial charge in [-0.2, -0.15) is 5.10 Å². The molecule has 9 nitrogen and oxygen atoms in total. The number of carbonyl (C=O) groups excluding carboxylic acids is 2. The van der Waals surface area contributed by atoms with Crippen LogP contribution in [0.15, 0.2) is 42.7 Å². The number of anilines is 1. The summed E-state index contributed by atoms with van der Waals surface area (Å²) in [6.07, 6.45) is 4.35. The van der Waals surface area contributed by atoms with Crippen LogP contribution in [0.25, 0.3) is 11.1 Å². The fourth-order valence-electron chi connectivity index (χ4n) is 5.47. The molecule has 10 heteroatoms. The second kappa shape index (κ2) is 9.98. The van der Waals surface area contributed by atoms with E-state index in [2.05, 4.69) is 10.2 Å². The van der Waals surface area contributed by atoms with Gasteiger partial charge in [0.2, 0.25) is 0 Å². The summed E-state index contributed by atoms with van der Waals surface area (Å²) in [4.78, 5) is 36.8. The van der Waals surface area contributed by atoms with Crippen LogP contribution in [0.1, 0.15) is 50.4 Å². The van der Waals surface area contributed by atoms with Gasteiger partial charge in [-0.25, -0.2) is 19.0 Å². The number of ether oxygens (including phenoxy) is 1. The highest BCUT2D eigenvalue weighted by Crippen LogP contribution is 2.40. The molecule has 2 aromatic heterocycles. The Labute approximate surface area is 228 Å². The number of urea groups is 1. The largest absolute Gasteiger partial charge is 0.444 e. The Morgan fingerprint density at radius 1 is 1.15 bits per heavy atom. The topological polar surface area (TPSA) is 94.7 Å². The maximum absolute atomic E-state index is 14.4. The van der Waals surface area contributed by atoms with Crippen LogP contribution >= 0.6 is 0 Å². The third kappa shape index (κ3) is 5.20. The number of piperidine rings is 1. The van der Waals surface area contributed by atoms with E-state index in [-0.39, 0.29) is 24.5 Å². The minimum Gasteiger partial charge on any atom is -0.444 e. The number of H-pyrrole nitrogens is 1. The lowest BCUT2D eigenvalue weighted by Crippen LogP contribution is -2.55. The predicted molar refractivity (Wildman–Crippen MR) is 146 cm³/mol. The molecule has 5 rings (SSSR count). The molecule has 0 atom stereocenters. The van der Waals surface area contributed by atoms with Crippen LogP contribution in [0.4, 0.5) is 19.8 Å². The molecule has 3 aromatic rings. The number of likely N-dealkylation sites (tertiary alicyclic amines) is 1. The van der Waals surface area contributed by atoms with Gasteiger partial charge in [0.15, 0.2) is 0 Å². The number of pyridine rings is 1. The van der Waals surface area contributed by atoms with Crippen molar-refractivity contribution in [3.63, 3.8) is 0 Å². The minimum absolute atomic E-state index is 0.174. The van der Waals surface area contributed by atoms with Crippen molar-refractivity contribution in [2.75, 3.05) is 24.5 Å². The van der Waals surface area contributed by atoms with Crippen molar-refractivity contribution in [1.29, 1.82) is 0 Å².